The summed E-state index contributed by atoms with van der Waals surface area (Å²) in [6.45, 7) is 0.331. The molecule has 7 nitrogen and oxygen atoms in total. The normalized spacial score (nSPS) is 14.9. The number of urea groups is 1. The van der Waals surface area contributed by atoms with Crippen molar-refractivity contribution in [3.8, 4) is 5.75 Å². The maximum Gasteiger partial charge on any atom is 0.334 e. The minimum absolute atomic E-state index is 0.0159. The van der Waals surface area contributed by atoms with Gasteiger partial charge >= 0.3 is 6.03 Å². The Hall–Kier alpha value is -2.96. The second kappa shape index (κ2) is 5.20. The summed E-state index contributed by atoms with van der Waals surface area (Å²) in [6, 6.07) is 8.94. The lowest BCUT2D eigenvalue weighted by molar-refractivity contribution is -0.116. The number of hydrogen-bond acceptors (Lipinski definition) is 5. The number of carbonyl (C=O) groups excluding carboxylic acids is 2. The van der Waals surface area contributed by atoms with Crippen molar-refractivity contribution in [2.45, 2.75) is 6.54 Å². The highest BCUT2D eigenvalue weighted by atomic mass is 16.3. The predicted octanol–water partition coefficient (Wildman–Crippen LogP) is 1.15. The molecule has 1 aromatic carbocycles. The van der Waals surface area contributed by atoms with Crippen LogP contribution in [0.4, 0.5) is 10.7 Å². The maximum absolute atomic E-state index is 12.3. The summed E-state index contributed by atoms with van der Waals surface area (Å²) in [6.07, 6.45) is 2.28. The van der Waals surface area contributed by atoms with Crippen molar-refractivity contribution >= 4 is 17.9 Å². The van der Waals surface area contributed by atoms with Crippen LogP contribution in [0.3, 0.4) is 0 Å². The molecule has 1 fully saturated rings. The third-order valence-corrected chi connectivity index (χ3v) is 3.08. The number of aromatic nitrogens is 2. The predicted molar refractivity (Wildman–Crippen MR) is 73.4 cm³/mol. The van der Waals surface area contributed by atoms with Gasteiger partial charge in [0.1, 0.15) is 6.54 Å². The molecule has 1 saturated heterocycles. The van der Waals surface area contributed by atoms with E-state index in [1.54, 1.807) is 0 Å². The van der Waals surface area contributed by atoms with Gasteiger partial charge in [-0.3, -0.25) is 4.79 Å². The van der Waals surface area contributed by atoms with Gasteiger partial charge in [0.05, 0.1) is 12.4 Å². The van der Waals surface area contributed by atoms with Crippen molar-refractivity contribution in [3.63, 3.8) is 0 Å². The molecule has 0 saturated carbocycles. The number of rotatable bonds is 3. The summed E-state index contributed by atoms with van der Waals surface area (Å²) in [4.78, 5) is 34.2. The van der Waals surface area contributed by atoms with Crippen LogP contribution in [0.15, 0.2) is 42.7 Å². The van der Waals surface area contributed by atoms with E-state index in [1.165, 1.54) is 4.90 Å². The van der Waals surface area contributed by atoms with E-state index in [2.05, 4.69) is 9.97 Å². The quantitative estimate of drug-likeness (QED) is 0.854. The molecule has 0 atom stereocenters. The first-order chi connectivity index (χ1) is 10.1. The van der Waals surface area contributed by atoms with E-state index in [0.29, 0.717) is 6.54 Å². The summed E-state index contributed by atoms with van der Waals surface area (Å²) in [5.74, 6) is -0.543. The highest BCUT2D eigenvalue weighted by Crippen LogP contribution is 2.19. The average molecular weight is 284 g/mol. The minimum Gasteiger partial charge on any atom is -0.505 e. The van der Waals surface area contributed by atoms with E-state index in [-0.39, 0.29) is 24.1 Å². The number of anilines is 1. The molecule has 2 aromatic rings. The van der Waals surface area contributed by atoms with Crippen LogP contribution in [0.1, 0.15) is 5.56 Å². The summed E-state index contributed by atoms with van der Waals surface area (Å²) >= 11 is 0. The third-order valence-electron chi connectivity index (χ3n) is 3.08. The standard InChI is InChI=1S/C14H12N4O3/c19-11-6-15-13(16-7-11)18-12(20)9-17(14(18)21)8-10-4-2-1-3-5-10/h1-7,19H,8-9H2. The number of carbonyl (C=O) groups is 2. The molecule has 2 heterocycles. The zero-order valence-corrected chi connectivity index (χ0v) is 11.0. The Morgan fingerprint density at radius 1 is 1.10 bits per heavy atom. The van der Waals surface area contributed by atoms with E-state index in [0.717, 1.165) is 22.9 Å². The van der Waals surface area contributed by atoms with E-state index < -0.39 is 6.03 Å². The fourth-order valence-electron chi connectivity index (χ4n) is 2.10. The topological polar surface area (TPSA) is 86.6 Å². The zero-order valence-electron chi connectivity index (χ0n) is 11.0. The van der Waals surface area contributed by atoms with Crippen molar-refractivity contribution < 1.29 is 14.7 Å². The number of hydrogen-bond donors (Lipinski definition) is 1. The molecule has 0 radical (unpaired) electrons. The molecular formula is C14H12N4O3. The largest absolute Gasteiger partial charge is 0.505 e. The fraction of sp³-hybridized carbons (Fsp3) is 0.143. The maximum atomic E-state index is 12.3. The Morgan fingerprint density at radius 2 is 1.76 bits per heavy atom. The van der Waals surface area contributed by atoms with Gasteiger partial charge in [0.25, 0.3) is 5.91 Å². The Morgan fingerprint density at radius 3 is 2.43 bits per heavy atom. The first kappa shape index (κ1) is 13.0. The Balaban J connectivity index is 1.80. The van der Waals surface area contributed by atoms with Gasteiger partial charge in [0, 0.05) is 6.54 Å². The lowest BCUT2D eigenvalue weighted by atomic mass is 10.2. The highest BCUT2D eigenvalue weighted by molar-refractivity contribution is 6.18. The van der Waals surface area contributed by atoms with Crippen LogP contribution in [0.25, 0.3) is 0 Å². The van der Waals surface area contributed by atoms with Gasteiger partial charge in [-0.15, -0.1) is 0 Å². The van der Waals surface area contributed by atoms with E-state index in [9.17, 15) is 9.59 Å². The second-order valence-electron chi connectivity index (χ2n) is 4.59. The minimum atomic E-state index is -0.463. The van der Waals surface area contributed by atoms with E-state index in [4.69, 9.17) is 5.11 Å². The monoisotopic (exact) mass is 284 g/mol. The average Bonchev–Trinajstić information content (AvgIpc) is 2.76. The molecule has 0 bridgehead atoms. The summed E-state index contributed by atoms with van der Waals surface area (Å²) in [5.41, 5.74) is 0.937. The van der Waals surface area contributed by atoms with Crippen molar-refractivity contribution in [2.75, 3.05) is 11.4 Å². The van der Waals surface area contributed by atoms with Crippen LogP contribution in [-0.2, 0) is 11.3 Å². The van der Waals surface area contributed by atoms with Crippen LogP contribution in [-0.4, -0.2) is 38.5 Å². The number of imide groups is 1. The third kappa shape index (κ3) is 2.53. The molecule has 106 valence electrons. The molecular weight excluding hydrogens is 272 g/mol. The van der Waals surface area contributed by atoms with Crippen molar-refractivity contribution in [1.29, 1.82) is 0 Å². The van der Waals surface area contributed by atoms with Gasteiger partial charge in [-0.05, 0) is 5.56 Å². The summed E-state index contributed by atoms with van der Waals surface area (Å²) < 4.78 is 0. The Kier molecular flexibility index (Phi) is 3.23. The van der Waals surface area contributed by atoms with Gasteiger partial charge in [-0.2, -0.15) is 4.90 Å². The first-order valence-corrected chi connectivity index (χ1v) is 6.32. The number of amides is 3. The molecule has 1 aromatic heterocycles. The van der Waals surface area contributed by atoms with Crippen LogP contribution >= 0.6 is 0 Å². The SMILES string of the molecule is O=C1CN(Cc2ccccc2)C(=O)N1c1ncc(O)cn1. The smallest absolute Gasteiger partial charge is 0.334 e. The molecule has 1 aliphatic rings. The van der Waals surface area contributed by atoms with Crippen LogP contribution in [0.5, 0.6) is 5.75 Å². The fourth-order valence-corrected chi connectivity index (χ4v) is 2.10. The molecule has 0 aliphatic carbocycles. The molecule has 3 rings (SSSR count). The number of benzene rings is 1. The van der Waals surface area contributed by atoms with Gasteiger partial charge in [0.15, 0.2) is 5.75 Å². The first-order valence-electron chi connectivity index (χ1n) is 6.32. The molecule has 1 aliphatic heterocycles. The van der Waals surface area contributed by atoms with Gasteiger partial charge in [0.2, 0.25) is 5.95 Å². The molecule has 0 unspecified atom stereocenters. The van der Waals surface area contributed by atoms with Crippen molar-refractivity contribution in [3.05, 3.63) is 48.3 Å². The lowest BCUT2D eigenvalue weighted by Crippen LogP contribution is -2.34. The second-order valence-corrected chi connectivity index (χ2v) is 4.59. The van der Waals surface area contributed by atoms with Crippen LogP contribution in [0, 0.1) is 0 Å². The molecule has 1 N–H and O–H groups in total. The zero-order chi connectivity index (χ0) is 14.8. The van der Waals surface area contributed by atoms with Crippen molar-refractivity contribution in [1.82, 2.24) is 14.9 Å². The molecule has 21 heavy (non-hydrogen) atoms. The Labute approximate surface area is 120 Å². The Bertz CT molecular complexity index is 672. The number of aromatic hydroxyl groups is 1. The van der Waals surface area contributed by atoms with Crippen molar-refractivity contribution in [2.24, 2.45) is 0 Å². The highest BCUT2D eigenvalue weighted by Gasteiger charge is 2.38. The molecule has 7 heteroatoms. The summed E-state index contributed by atoms with van der Waals surface area (Å²) in [5, 5.41) is 9.15. The van der Waals surface area contributed by atoms with Gasteiger partial charge in [-0.25, -0.2) is 14.8 Å². The van der Waals surface area contributed by atoms with E-state index in [1.807, 2.05) is 30.3 Å². The molecule has 3 amide bonds. The van der Waals surface area contributed by atoms with Crippen LogP contribution < -0.4 is 4.90 Å². The van der Waals surface area contributed by atoms with Gasteiger partial charge < -0.3 is 10.0 Å². The number of nitrogens with zero attached hydrogens (tertiary/aromatic N) is 4. The lowest BCUT2D eigenvalue weighted by Gasteiger charge is -2.15. The van der Waals surface area contributed by atoms with Crippen LogP contribution in [0.2, 0.25) is 0 Å². The van der Waals surface area contributed by atoms with E-state index >= 15 is 0 Å². The molecule has 0 spiro atoms. The summed E-state index contributed by atoms with van der Waals surface area (Å²) in [7, 11) is 0. The van der Waals surface area contributed by atoms with Gasteiger partial charge in [-0.1, -0.05) is 30.3 Å².